The molecule has 1 saturated heterocycles. The molecule has 0 amide bonds. The maximum absolute atomic E-state index is 11.7. The highest BCUT2D eigenvalue weighted by Crippen LogP contribution is 2.24. The fourth-order valence-corrected chi connectivity index (χ4v) is 2.80. The lowest BCUT2D eigenvalue weighted by molar-refractivity contribution is -0.144. The number of carbonyl (C=O) groups is 1. The van der Waals surface area contributed by atoms with Gasteiger partial charge in [0.1, 0.15) is 6.04 Å². The van der Waals surface area contributed by atoms with E-state index in [1.807, 2.05) is 43.3 Å². The van der Waals surface area contributed by atoms with Crippen molar-refractivity contribution in [2.75, 3.05) is 51.7 Å². The molecule has 1 aromatic rings. The van der Waals surface area contributed by atoms with E-state index in [1.165, 1.54) is 0 Å². The predicted molar refractivity (Wildman–Crippen MR) is 84.8 cm³/mol. The monoisotopic (exact) mass is 291 g/mol. The summed E-state index contributed by atoms with van der Waals surface area (Å²) >= 11 is 0. The van der Waals surface area contributed by atoms with Crippen LogP contribution in [0.3, 0.4) is 0 Å². The van der Waals surface area contributed by atoms with E-state index in [0.29, 0.717) is 0 Å². The number of nitrogens with zero attached hydrogens (tertiary/aromatic N) is 3. The Balaban J connectivity index is 2.14. The number of piperazine rings is 1. The van der Waals surface area contributed by atoms with Crippen molar-refractivity contribution >= 4 is 11.7 Å². The smallest absolute Gasteiger partial charge is 0.325 e. The van der Waals surface area contributed by atoms with Crippen LogP contribution in [0, 0.1) is 0 Å². The number of aliphatic carboxylic acids is 1. The Morgan fingerprint density at radius 1 is 1.19 bits per heavy atom. The number of carboxylic acid groups (broad SMARTS) is 1. The van der Waals surface area contributed by atoms with Crippen molar-refractivity contribution in [3.8, 4) is 0 Å². The topological polar surface area (TPSA) is 47.0 Å². The summed E-state index contributed by atoms with van der Waals surface area (Å²) in [6, 6.07) is 7.28. The number of carboxylic acids is 1. The fourth-order valence-electron chi connectivity index (χ4n) is 2.80. The van der Waals surface area contributed by atoms with E-state index >= 15 is 0 Å². The van der Waals surface area contributed by atoms with Gasteiger partial charge in [-0.2, -0.15) is 0 Å². The Morgan fingerprint density at radius 3 is 2.19 bits per heavy atom. The third kappa shape index (κ3) is 3.74. The van der Waals surface area contributed by atoms with Crippen LogP contribution in [0.1, 0.15) is 18.5 Å². The van der Waals surface area contributed by atoms with Gasteiger partial charge in [-0.25, -0.2) is 0 Å². The molecule has 0 bridgehead atoms. The van der Waals surface area contributed by atoms with E-state index in [4.69, 9.17) is 0 Å². The van der Waals surface area contributed by atoms with Gasteiger partial charge in [0.15, 0.2) is 0 Å². The molecule has 1 fully saturated rings. The number of likely N-dealkylation sites (N-methyl/N-ethyl adjacent to an activating group) is 1. The molecule has 0 aromatic heterocycles. The average molecular weight is 291 g/mol. The molecule has 1 N–H and O–H groups in total. The second-order valence-electron chi connectivity index (χ2n) is 5.70. The molecule has 1 aliphatic heterocycles. The second-order valence-corrected chi connectivity index (χ2v) is 5.70. The minimum Gasteiger partial charge on any atom is -0.480 e. The largest absolute Gasteiger partial charge is 0.480 e. The number of rotatable bonds is 5. The van der Waals surface area contributed by atoms with E-state index in [2.05, 4.69) is 16.7 Å². The normalized spacial score (nSPS) is 18.4. The fraction of sp³-hybridized carbons (Fsp3) is 0.562. The van der Waals surface area contributed by atoms with Gasteiger partial charge < -0.3 is 14.9 Å². The quantitative estimate of drug-likeness (QED) is 0.891. The molecule has 5 heteroatoms. The molecule has 0 aliphatic carbocycles. The molecule has 0 saturated carbocycles. The summed E-state index contributed by atoms with van der Waals surface area (Å²) in [5.41, 5.74) is 1.94. The Bertz CT molecular complexity index is 465. The molecule has 1 atom stereocenters. The summed E-state index contributed by atoms with van der Waals surface area (Å²) in [7, 11) is 3.96. The molecule has 1 unspecified atom stereocenters. The van der Waals surface area contributed by atoms with Gasteiger partial charge >= 0.3 is 5.97 Å². The van der Waals surface area contributed by atoms with E-state index in [-0.39, 0.29) is 0 Å². The van der Waals surface area contributed by atoms with E-state index in [0.717, 1.165) is 44.0 Å². The summed E-state index contributed by atoms with van der Waals surface area (Å²) in [5.74, 6) is -0.766. The standard InChI is InChI=1S/C16H25N3O2/c1-4-18-9-11-19(12-10-18)15(16(20)21)13-5-7-14(8-6-13)17(2)3/h5-8,15H,4,9-12H2,1-3H3,(H,20,21). The van der Waals surface area contributed by atoms with Crippen LogP contribution in [0.2, 0.25) is 0 Å². The molecule has 5 nitrogen and oxygen atoms in total. The van der Waals surface area contributed by atoms with Crippen LogP contribution < -0.4 is 4.90 Å². The van der Waals surface area contributed by atoms with Crippen molar-refractivity contribution in [3.05, 3.63) is 29.8 Å². The highest BCUT2D eigenvalue weighted by atomic mass is 16.4. The van der Waals surface area contributed by atoms with E-state index in [9.17, 15) is 9.90 Å². The molecule has 0 spiro atoms. The van der Waals surface area contributed by atoms with Crippen molar-refractivity contribution in [2.24, 2.45) is 0 Å². The van der Waals surface area contributed by atoms with E-state index < -0.39 is 12.0 Å². The lowest BCUT2D eigenvalue weighted by Crippen LogP contribution is -2.49. The van der Waals surface area contributed by atoms with Crippen LogP contribution in [0.25, 0.3) is 0 Å². The Hall–Kier alpha value is -1.59. The highest BCUT2D eigenvalue weighted by molar-refractivity contribution is 5.75. The molecule has 116 valence electrons. The van der Waals surface area contributed by atoms with Crippen molar-refractivity contribution in [2.45, 2.75) is 13.0 Å². The van der Waals surface area contributed by atoms with Gasteiger partial charge in [0.05, 0.1) is 0 Å². The zero-order chi connectivity index (χ0) is 15.4. The van der Waals surface area contributed by atoms with Crippen molar-refractivity contribution in [1.29, 1.82) is 0 Å². The molecule has 1 aromatic carbocycles. The zero-order valence-corrected chi connectivity index (χ0v) is 13.1. The van der Waals surface area contributed by atoms with Gasteiger partial charge in [0.25, 0.3) is 0 Å². The first-order valence-electron chi connectivity index (χ1n) is 7.49. The first kappa shape index (κ1) is 15.8. The zero-order valence-electron chi connectivity index (χ0n) is 13.1. The molecule has 1 heterocycles. The van der Waals surface area contributed by atoms with Crippen molar-refractivity contribution < 1.29 is 9.90 Å². The Morgan fingerprint density at radius 2 is 1.76 bits per heavy atom. The lowest BCUT2D eigenvalue weighted by atomic mass is 10.0. The van der Waals surface area contributed by atoms with Crippen LogP contribution in [0.5, 0.6) is 0 Å². The van der Waals surface area contributed by atoms with Crippen LogP contribution in [-0.2, 0) is 4.79 Å². The summed E-state index contributed by atoms with van der Waals surface area (Å²) in [4.78, 5) is 18.1. The van der Waals surface area contributed by atoms with Crippen LogP contribution in [0.15, 0.2) is 24.3 Å². The van der Waals surface area contributed by atoms with Gasteiger partial charge in [-0.1, -0.05) is 19.1 Å². The summed E-state index contributed by atoms with van der Waals surface area (Å²) in [5, 5.41) is 9.61. The van der Waals surface area contributed by atoms with E-state index in [1.54, 1.807) is 0 Å². The maximum Gasteiger partial charge on any atom is 0.325 e. The second kappa shape index (κ2) is 6.91. The lowest BCUT2D eigenvalue weighted by Gasteiger charge is -2.37. The summed E-state index contributed by atoms with van der Waals surface area (Å²) in [6.45, 7) is 6.67. The molecule has 2 rings (SSSR count). The minimum atomic E-state index is -0.766. The van der Waals surface area contributed by atoms with Crippen LogP contribution >= 0.6 is 0 Å². The Kier molecular flexibility index (Phi) is 5.20. The molecule has 1 aliphatic rings. The number of hydrogen-bond donors (Lipinski definition) is 1. The predicted octanol–water partition coefficient (Wildman–Crippen LogP) is 1.52. The SMILES string of the molecule is CCN1CCN(C(C(=O)O)c2ccc(N(C)C)cc2)CC1. The third-order valence-electron chi connectivity index (χ3n) is 4.18. The summed E-state index contributed by atoms with van der Waals surface area (Å²) in [6.07, 6.45) is 0. The van der Waals surface area contributed by atoms with Crippen LogP contribution in [-0.4, -0.2) is 67.7 Å². The first-order chi connectivity index (χ1) is 10.0. The molecule has 21 heavy (non-hydrogen) atoms. The number of benzene rings is 1. The van der Waals surface area contributed by atoms with Crippen LogP contribution in [0.4, 0.5) is 5.69 Å². The van der Waals surface area contributed by atoms with Gasteiger partial charge in [-0.3, -0.25) is 9.69 Å². The highest BCUT2D eigenvalue weighted by Gasteiger charge is 2.29. The van der Waals surface area contributed by atoms with Crippen molar-refractivity contribution in [3.63, 3.8) is 0 Å². The first-order valence-corrected chi connectivity index (χ1v) is 7.49. The van der Waals surface area contributed by atoms with Gasteiger partial charge in [0, 0.05) is 46.0 Å². The minimum absolute atomic E-state index is 0.541. The Labute approximate surface area is 126 Å². The third-order valence-corrected chi connectivity index (χ3v) is 4.18. The number of anilines is 1. The summed E-state index contributed by atoms with van der Waals surface area (Å²) < 4.78 is 0. The van der Waals surface area contributed by atoms with Crippen molar-refractivity contribution in [1.82, 2.24) is 9.80 Å². The molecule has 0 radical (unpaired) electrons. The average Bonchev–Trinajstić information content (AvgIpc) is 2.48. The van der Waals surface area contributed by atoms with Gasteiger partial charge in [-0.05, 0) is 24.2 Å². The van der Waals surface area contributed by atoms with Gasteiger partial charge in [-0.15, -0.1) is 0 Å². The van der Waals surface area contributed by atoms with Gasteiger partial charge in [0.2, 0.25) is 0 Å². The molecular weight excluding hydrogens is 266 g/mol. The maximum atomic E-state index is 11.7. The number of hydrogen-bond acceptors (Lipinski definition) is 4. The molecular formula is C16H25N3O2.